The first-order chi connectivity index (χ1) is 10.1. The van der Waals surface area contributed by atoms with Gasteiger partial charge in [0.2, 0.25) is 0 Å². The highest BCUT2D eigenvalue weighted by Crippen LogP contribution is 2.42. The van der Waals surface area contributed by atoms with Crippen molar-refractivity contribution in [1.82, 2.24) is 0 Å². The molecule has 0 saturated carbocycles. The maximum atomic E-state index is 11.4. The van der Waals surface area contributed by atoms with Crippen molar-refractivity contribution in [1.29, 1.82) is 0 Å². The zero-order valence-corrected chi connectivity index (χ0v) is 15.2. The minimum Gasteiger partial charge on any atom is -0.324 e. The van der Waals surface area contributed by atoms with Crippen LogP contribution < -0.4 is 0 Å². The third-order valence-corrected chi connectivity index (χ3v) is 5.42. The van der Waals surface area contributed by atoms with Crippen LogP contribution in [0.5, 0.6) is 0 Å². The van der Waals surface area contributed by atoms with Gasteiger partial charge in [0.15, 0.2) is 0 Å². The van der Waals surface area contributed by atoms with Gasteiger partial charge in [-0.3, -0.25) is 4.57 Å². The lowest BCUT2D eigenvalue weighted by atomic mass is 10.1. The SMILES string of the molecule is CCCCCCCCCCCCCCCP(=O)(O)OCC. The van der Waals surface area contributed by atoms with Crippen LogP contribution in [-0.2, 0) is 9.09 Å². The Bertz CT molecular complexity index is 256. The topological polar surface area (TPSA) is 46.5 Å². The van der Waals surface area contributed by atoms with Gasteiger partial charge in [-0.2, -0.15) is 0 Å². The molecule has 1 unspecified atom stereocenters. The van der Waals surface area contributed by atoms with Crippen LogP contribution in [0.4, 0.5) is 0 Å². The molecule has 0 aromatic rings. The van der Waals surface area contributed by atoms with Gasteiger partial charge in [-0.25, -0.2) is 0 Å². The van der Waals surface area contributed by atoms with Crippen molar-refractivity contribution in [2.24, 2.45) is 0 Å². The molecule has 0 radical (unpaired) electrons. The molecule has 0 saturated heterocycles. The van der Waals surface area contributed by atoms with Crippen molar-refractivity contribution in [3.8, 4) is 0 Å². The second-order valence-corrected chi connectivity index (χ2v) is 8.00. The summed E-state index contributed by atoms with van der Waals surface area (Å²) in [6, 6.07) is 0. The third-order valence-electron chi connectivity index (χ3n) is 3.88. The third kappa shape index (κ3) is 16.3. The number of hydrogen-bond donors (Lipinski definition) is 1. The first kappa shape index (κ1) is 21.1. The van der Waals surface area contributed by atoms with Crippen molar-refractivity contribution in [3.05, 3.63) is 0 Å². The van der Waals surface area contributed by atoms with E-state index in [1.807, 2.05) is 0 Å². The lowest BCUT2D eigenvalue weighted by Crippen LogP contribution is -1.94. The average Bonchev–Trinajstić information content (AvgIpc) is 2.44. The van der Waals surface area contributed by atoms with E-state index in [0.717, 1.165) is 12.8 Å². The van der Waals surface area contributed by atoms with Crippen molar-refractivity contribution >= 4 is 7.60 Å². The molecule has 3 nitrogen and oxygen atoms in total. The molecule has 0 amide bonds. The standard InChI is InChI=1S/C17H37O3P/c1-3-5-6-7-8-9-10-11-12-13-14-15-16-17-21(18,19)20-4-2/h3-17H2,1-2H3,(H,18,19). The Labute approximate surface area is 132 Å². The Kier molecular flexibility index (Phi) is 15.2. The van der Waals surface area contributed by atoms with Crippen molar-refractivity contribution < 1.29 is 14.0 Å². The van der Waals surface area contributed by atoms with Gasteiger partial charge in [-0.15, -0.1) is 0 Å². The summed E-state index contributed by atoms with van der Waals surface area (Å²) < 4.78 is 16.3. The van der Waals surface area contributed by atoms with Crippen molar-refractivity contribution in [2.45, 2.75) is 97.3 Å². The van der Waals surface area contributed by atoms with Gasteiger partial charge in [-0.1, -0.05) is 84.0 Å². The lowest BCUT2D eigenvalue weighted by molar-refractivity contribution is 0.272. The van der Waals surface area contributed by atoms with E-state index >= 15 is 0 Å². The van der Waals surface area contributed by atoms with Gasteiger partial charge in [0.25, 0.3) is 0 Å². The number of unbranched alkanes of at least 4 members (excludes halogenated alkanes) is 12. The van der Waals surface area contributed by atoms with Crippen LogP contribution in [0.3, 0.4) is 0 Å². The fourth-order valence-corrected chi connectivity index (χ4v) is 3.75. The van der Waals surface area contributed by atoms with E-state index in [-0.39, 0.29) is 0 Å². The molecule has 0 aromatic heterocycles. The Morgan fingerprint density at radius 2 is 1.10 bits per heavy atom. The molecule has 1 N–H and O–H groups in total. The Morgan fingerprint density at radius 1 is 0.714 bits per heavy atom. The molecular formula is C17H37O3P. The summed E-state index contributed by atoms with van der Waals surface area (Å²) in [6.07, 6.45) is 17.0. The van der Waals surface area contributed by atoms with Crippen molar-refractivity contribution in [3.63, 3.8) is 0 Å². The van der Waals surface area contributed by atoms with Crippen LogP contribution in [0.2, 0.25) is 0 Å². The fourth-order valence-electron chi connectivity index (χ4n) is 2.60. The first-order valence-corrected chi connectivity index (χ1v) is 10.8. The normalized spacial score (nSPS) is 14.2. The fraction of sp³-hybridized carbons (Fsp3) is 1.00. The van der Waals surface area contributed by atoms with E-state index in [0.29, 0.717) is 12.8 Å². The maximum Gasteiger partial charge on any atom is 0.328 e. The summed E-state index contributed by atoms with van der Waals surface area (Å²) in [6.45, 7) is 4.34. The summed E-state index contributed by atoms with van der Waals surface area (Å²) >= 11 is 0. The van der Waals surface area contributed by atoms with Crippen LogP contribution in [0.25, 0.3) is 0 Å². The molecule has 128 valence electrons. The van der Waals surface area contributed by atoms with Gasteiger partial charge < -0.3 is 9.42 Å². The smallest absolute Gasteiger partial charge is 0.324 e. The summed E-state index contributed by atoms with van der Waals surface area (Å²) in [4.78, 5) is 9.42. The zero-order valence-electron chi connectivity index (χ0n) is 14.3. The molecule has 0 spiro atoms. The van der Waals surface area contributed by atoms with Crippen LogP contribution in [0, 0.1) is 0 Å². The van der Waals surface area contributed by atoms with Gasteiger partial charge in [0.05, 0.1) is 6.61 Å². The van der Waals surface area contributed by atoms with Crippen molar-refractivity contribution in [2.75, 3.05) is 12.8 Å². The molecule has 0 rings (SSSR count). The maximum absolute atomic E-state index is 11.4. The second-order valence-electron chi connectivity index (χ2n) is 6.02. The van der Waals surface area contributed by atoms with E-state index in [1.54, 1.807) is 6.92 Å². The zero-order chi connectivity index (χ0) is 15.8. The van der Waals surface area contributed by atoms with Crippen LogP contribution >= 0.6 is 7.60 Å². The van der Waals surface area contributed by atoms with Gasteiger partial charge in [-0.05, 0) is 13.3 Å². The molecule has 0 heterocycles. The molecule has 21 heavy (non-hydrogen) atoms. The van der Waals surface area contributed by atoms with E-state index in [1.165, 1.54) is 70.6 Å². The minimum atomic E-state index is -3.27. The van der Waals surface area contributed by atoms with Crippen LogP contribution in [-0.4, -0.2) is 17.7 Å². The highest BCUT2D eigenvalue weighted by atomic mass is 31.2. The first-order valence-electron chi connectivity index (χ1n) is 9.08. The molecule has 0 aliphatic heterocycles. The van der Waals surface area contributed by atoms with Crippen LogP contribution in [0.15, 0.2) is 0 Å². The highest BCUT2D eigenvalue weighted by Gasteiger charge is 2.16. The molecule has 4 heteroatoms. The predicted octanol–water partition coefficient (Wildman–Crippen LogP) is 6.30. The van der Waals surface area contributed by atoms with Crippen LogP contribution in [0.1, 0.15) is 97.3 Å². The molecule has 0 aliphatic carbocycles. The van der Waals surface area contributed by atoms with E-state index < -0.39 is 7.60 Å². The summed E-state index contributed by atoms with van der Waals surface area (Å²) in [5.41, 5.74) is 0. The largest absolute Gasteiger partial charge is 0.328 e. The van der Waals surface area contributed by atoms with E-state index in [9.17, 15) is 9.46 Å². The second kappa shape index (κ2) is 15.1. The molecule has 0 aliphatic rings. The summed E-state index contributed by atoms with van der Waals surface area (Å²) in [7, 11) is -3.27. The number of hydrogen-bond acceptors (Lipinski definition) is 2. The van der Waals surface area contributed by atoms with Gasteiger partial charge >= 0.3 is 7.60 Å². The molecular weight excluding hydrogens is 283 g/mol. The Balaban J connectivity index is 3.14. The molecule has 1 atom stereocenters. The molecule has 0 bridgehead atoms. The highest BCUT2D eigenvalue weighted by molar-refractivity contribution is 7.52. The molecule has 0 aromatic carbocycles. The predicted molar refractivity (Wildman–Crippen MR) is 92.0 cm³/mol. The van der Waals surface area contributed by atoms with Gasteiger partial charge in [0, 0.05) is 6.16 Å². The lowest BCUT2D eigenvalue weighted by Gasteiger charge is -2.10. The Hall–Kier alpha value is 0.150. The average molecular weight is 320 g/mol. The number of rotatable bonds is 16. The van der Waals surface area contributed by atoms with E-state index in [2.05, 4.69) is 6.92 Å². The quantitative estimate of drug-likeness (QED) is 0.268. The Morgan fingerprint density at radius 3 is 1.48 bits per heavy atom. The molecule has 0 fully saturated rings. The monoisotopic (exact) mass is 320 g/mol. The van der Waals surface area contributed by atoms with E-state index in [4.69, 9.17) is 4.52 Å². The summed E-state index contributed by atoms with van der Waals surface area (Å²) in [5, 5.41) is 0. The van der Waals surface area contributed by atoms with Gasteiger partial charge in [0.1, 0.15) is 0 Å². The minimum absolute atomic E-state index is 0.318. The summed E-state index contributed by atoms with van der Waals surface area (Å²) in [5.74, 6) is 0.